The zero-order valence-corrected chi connectivity index (χ0v) is 15.7. The van der Waals surface area contributed by atoms with Gasteiger partial charge in [-0.25, -0.2) is 15.0 Å². The number of hydrogen-bond donors (Lipinski definition) is 1. The molecular weight excluding hydrogens is 324 g/mol. The number of carbonyl (C=O) groups excluding carboxylic acids is 1. The van der Waals surface area contributed by atoms with Gasteiger partial charge in [0.05, 0.1) is 12.0 Å². The number of fused-ring (bicyclic) bond motifs is 1. The summed E-state index contributed by atoms with van der Waals surface area (Å²) in [5, 5.41) is 1.96. The lowest BCUT2D eigenvalue weighted by atomic mass is 9.73. The van der Waals surface area contributed by atoms with Crippen LogP contribution < -0.4 is 10.4 Å². The first-order valence-corrected chi connectivity index (χ1v) is 9.03. The Labute approximate surface area is 154 Å². The quantitative estimate of drug-likeness (QED) is 0.897. The summed E-state index contributed by atoms with van der Waals surface area (Å²) in [6, 6.07) is 12.0. The summed E-state index contributed by atoms with van der Waals surface area (Å²) >= 11 is 0. The van der Waals surface area contributed by atoms with Crippen molar-refractivity contribution in [2.75, 3.05) is 5.01 Å². The van der Waals surface area contributed by atoms with Gasteiger partial charge >= 0.3 is 0 Å². The summed E-state index contributed by atoms with van der Waals surface area (Å²) in [5.74, 6) is 0.660. The molecule has 0 bridgehead atoms. The van der Waals surface area contributed by atoms with Crippen LogP contribution in [0.5, 0.6) is 0 Å². The molecule has 2 atom stereocenters. The highest BCUT2D eigenvalue weighted by molar-refractivity contribution is 5.88. The third-order valence-electron chi connectivity index (χ3n) is 5.03. The summed E-state index contributed by atoms with van der Waals surface area (Å²) in [6.45, 7) is 8.13. The van der Waals surface area contributed by atoms with Gasteiger partial charge in [-0.15, -0.1) is 0 Å². The van der Waals surface area contributed by atoms with Gasteiger partial charge in [0.25, 0.3) is 0 Å². The van der Waals surface area contributed by atoms with Crippen molar-refractivity contribution >= 4 is 11.7 Å². The van der Waals surface area contributed by atoms with Gasteiger partial charge in [0.15, 0.2) is 0 Å². The van der Waals surface area contributed by atoms with Crippen LogP contribution in [0.25, 0.3) is 0 Å². The van der Waals surface area contributed by atoms with Crippen molar-refractivity contribution in [1.29, 1.82) is 0 Å². The van der Waals surface area contributed by atoms with Crippen LogP contribution in [-0.2, 0) is 4.79 Å². The fourth-order valence-electron chi connectivity index (χ4n) is 4.08. The lowest BCUT2D eigenvalue weighted by Gasteiger charge is -2.30. The van der Waals surface area contributed by atoms with E-state index >= 15 is 0 Å². The maximum Gasteiger partial charge on any atom is 0.245 e. The first-order valence-electron chi connectivity index (χ1n) is 9.03. The lowest BCUT2D eigenvalue weighted by Crippen LogP contribution is -2.35. The molecule has 0 amide bonds. The van der Waals surface area contributed by atoms with Gasteiger partial charge in [-0.1, -0.05) is 50.3 Å². The van der Waals surface area contributed by atoms with E-state index in [1.165, 1.54) is 0 Å². The Morgan fingerprint density at radius 2 is 1.77 bits per heavy atom. The Hall–Kier alpha value is -2.69. The standard InChI is InChI=1S/C21H24N4O/c1-13-10-14(2)23-20(22-13)25-19(15-8-6-5-7-9-15)18-16(24-25)11-21(3,4)12-17(18)26/h5-11,18-19,24H,12H2,1-4H3/t18-,19+/m0/s1. The van der Waals surface area contributed by atoms with Gasteiger partial charge in [-0.3, -0.25) is 10.2 Å². The third kappa shape index (κ3) is 2.87. The highest BCUT2D eigenvalue weighted by atomic mass is 16.1. The van der Waals surface area contributed by atoms with E-state index in [9.17, 15) is 4.79 Å². The molecule has 5 heteroatoms. The first-order chi connectivity index (χ1) is 12.3. The Morgan fingerprint density at radius 1 is 1.12 bits per heavy atom. The zero-order chi connectivity index (χ0) is 18.5. The van der Waals surface area contributed by atoms with Crippen LogP contribution >= 0.6 is 0 Å². The molecule has 2 heterocycles. The Morgan fingerprint density at radius 3 is 2.42 bits per heavy atom. The van der Waals surface area contributed by atoms with E-state index < -0.39 is 0 Å². The fraction of sp³-hybridized carbons (Fsp3) is 0.381. The van der Waals surface area contributed by atoms with Crippen LogP contribution in [0.3, 0.4) is 0 Å². The molecular formula is C21H24N4O. The molecule has 5 nitrogen and oxygen atoms in total. The van der Waals surface area contributed by atoms with E-state index in [0.29, 0.717) is 12.4 Å². The second-order valence-electron chi connectivity index (χ2n) is 8.00. The number of hydrogen-bond acceptors (Lipinski definition) is 5. The Balaban J connectivity index is 1.86. The molecule has 2 aromatic rings. The average Bonchev–Trinajstić information content (AvgIpc) is 2.93. The Kier molecular flexibility index (Phi) is 3.83. The van der Waals surface area contributed by atoms with Crippen LogP contribution in [0.1, 0.15) is 43.3 Å². The van der Waals surface area contributed by atoms with Crippen LogP contribution in [0.15, 0.2) is 48.2 Å². The van der Waals surface area contributed by atoms with Gasteiger partial charge < -0.3 is 0 Å². The molecule has 0 saturated carbocycles. The van der Waals surface area contributed by atoms with Crippen molar-refractivity contribution < 1.29 is 4.79 Å². The number of ketones is 1. The summed E-state index contributed by atoms with van der Waals surface area (Å²) < 4.78 is 0. The maximum atomic E-state index is 13.0. The van der Waals surface area contributed by atoms with E-state index in [1.54, 1.807) is 0 Å². The number of aromatic nitrogens is 2. The summed E-state index contributed by atoms with van der Waals surface area (Å²) in [4.78, 5) is 22.3. The number of hydrazine groups is 1. The molecule has 0 radical (unpaired) electrons. The number of carbonyl (C=O) groups is 1. The number of anilines is 1. The predicted molar refractivity (Wildman–Crippen MR) is 101 cm³/mol. The molecule has 26 heavy (non-hydrogen) atoms. The minimum Gasteiger partial charge on any atom is -0.299 e. The second-order valence-corrected chi connectivity index (χ2v) is 8.00. The molecule has 134 valence electrons. The molecule has 1 aliphatic carbocycles. The van der Waals surface area contributed by atoms with E-state index in [2.05, 4.69) is 47.4 Å². The molecule has 4 rings (SSSR count). The van der Waals surface area contributed by atoms with Crippen molar-refractivity contribution in [3.05, 3.63) is 65.1 Å². The van der Waals surface area contributed by atoms with Gasteiger partial charge in [0.1, 0.15) is 5.78 Å². The monoisotopic (exact) mass is 348 g/mol. The molecule has 1 aliphatic heterocycles. The van der Waals surface area contributed by atoms with E-state index in [1.807, 2.05) is 43.1 Å². The molecule has 1 aromatic carbocycles. The number of nitrogens with one attached hydrogen (secondary N) is 1. The molecule has 0 spiro atoms. The van der Waals surface area contributed by atoms with Gasteiger partial charge in [-0.2, -0.15) is 0 Å². The topological polar surface area (TPSA) is 58.1 Å². The van der Waals surface area contributed by atoms with Gasteiger partial charge in [-0.05, 0) is 30.9 Å². The van der Waals surface area contributed by atoms with E-state index in [0.717, 1.165) is 22.6 Å². The highest BCUT2D eigenvalue weighted by Crippen LogP contribution is 2.46. The summed E-state index contributed by atoms with van der Waals surface area (Å²) in [6.07, 6.45) is 2.74. The first kappa shape index (κ1) is 16.8. The largest absolute Gasteiger partial charge is 0.299 e. The number of benzene rings is 1. The molecule has 1 saturated heterocycles. The minimum atomic E-state index is -0.213. The molecule has 0 unspecified atom stereocenters. The maximum absolute atomic E-state index is 13.0. The van der Waals surface area contributed by atoms with Crippen LogP contribution in [0.2, 0.25) is 0 Å². The summed E-state index contributed by atoms with van der Waals surface area (Å²) in [5.41, 5.74) is 7.18. The lowest BCUT2D eigenvalue weighted by molar-refractivity contribution is -0.124. The van der Waals surface area contributed by atoms with E-state index in [4.69, 9.17) is 0 Å². The molecule has 2 aliphatic rings. The zero-order valence-electron chi connectivity index (χ0n) is 15.7. The predicted octanol–water partition coefficient (Wildman–Crippen LogP) is 3.66. The number of rotatable bonds is 2. The minimum absolute atomic E-state index is 0.142. The Bertz CT molecular complexity index is 868. The van der Waals surface area contributed by atoms with Crippen molar-refractivity contribution in [2.24, 2.45) is 11.3 Å². The normalized spacial score (nSPS) is 24.1. The van der Waals surface area contributed by atoms with Crippen molar-refractivity contribution in [1.82, 2.24) is 15.4 Å². The number of nitrogens with zero attached hydrogens (tertiary/aromatic N) is 3. The van der Waals surface area contributed by atoms with Crippen LogP contribution in [0.4, 0.5) is 5.95 Å². The van der Waals surface area contributed by atoms with Crippen molar-refractivity contribution in [2.45, 2.75) is 40.2 Å². The number of Topliss-reactive ketones (excluding diaryl/α,β-unsaturated/α-hetero) is 1. The van der Waals surface area contributed by atoms with Gasteiger partial charge in [0.2, 0.25) is 5.95 Å². The number of aryl methyl sites for hydroxylation is 2. The van der Waals surface area contributed by atoms with Crippen molar-refractivity contribution in [3.8, 4) is 0 Å². The molecule has 1 N–H and O–H groups in total. The van der Waals surface area contributed by atoms with Crippen LogP contribution in [-0.4, -0.2) is 15.8 Å². The summed E-state index contributed by atoms with van der Waals surface area (Å²) in [7, 11) is 0. The fourth-order valence-corrected chi connectivity index (χ4v) is 4.08. The third-order valence-corrected chi connectivity index (χ3v) is 5.03. The van der Waals surface area contributed by atoms with E-state index in [-0.39, 0.29) is 23.2 Å². The second kappa shape index (κ2) is 5.94. The molecule has 1 aromatic heterocycles. The highest BCUT2D eigenvalue weighted by Gasteiger charge is 2.48. The SMILES string of the molecule is Cc1cc(C)nc(N2NC3=CC(C)(C)CC(=O)[C@H]3[C@H]2c2ccccc2)n1. The van der Waals surface area contributed by atoms with Crippen LogP contribution in [0, 0.1) is 25.2 Å². The number of allylic oxidation sites excluding steroid dienone is 1. The smallest absolute Gasteiger partial charge is 0.245 e. The molecule has 1 fully saturated rings. The van der Waals surface area contributed by atoms with Gasteiger partial charge in [0, 0.05) is 23.5 Å². The van der Waals surface area contributed by atoms with Crippen molar-refractivity contribution in [3.63, 3.8) is 0 Å². The average molecular weight is 348 g/mol.